The number of methoxy groups -OCH3 is 1. The van der Waals surface area contributed by atoms with Gasteiger partial charge >= 0.3 is 0 Å². The van der Waals surface area contributed by atoms with Crippen molar-refractivity contribution in [2.75, 3.05) is 35.3 Å². The highest BCUT2D eigenvalue weighted by Crippen LogP contribution is 2.45. The zero-order chi connectivity index (χ0) is 18.4. The molecule has 0 radical (unpaired) electrons. The van der Waals surface area contributed by atoms with Crippen LogP contribution >= 0.6 is 0 Å². The second-order valence-corrected chi connectivity index (χ2v) is 7.58. The van der Waals surface area contributed by atoms with Gasteiger partial charge in [0, 0.05) is 12.7 Å². The van der Waals surface area contributed by atoms with Gasteiger partial charge in [-0.25, -0.2) is 0 Å². The fraction of sp³-hybridized carbons (Fsp3) is 0.684. The summed E-state index contributed by atoms with van der Waals surface area (Å²) in [6.07, 6.45) is -0.982. The first kappa shape index (κ1) is 18.3. The highest BCUT2D eigenvalue weighted by molar-refractivity contribution is 5.17. The van der Waals surface area contributed by atoms with E-state index in [9.17, 15) is 0 Å². The molecule has 4 unspecified atom stereocenters. The molecule has 0 amide bonds. The number of hydrogen-bond acceptors (Lipinski definition) is 7. The van der Waals surface area contributed by atoms with E-state index in [0.717, 1.165) is 5.56 Å². The molecule has 1 saturated carbocycles. The van der Waals surface area contributed by atoms with Crippen molar-refractivity contribution in [2.24, 2.45) is 0 Å². The summed E-state index contributed by atoms with van der Waals surface area (Å²) in [5.74, 6) is 0. The van der Waals surface area contributed by atoms with Gasteiger partial charge in [-0.15, -0.1) is 0 Å². The van der Waals surface area contributed by atoms with Crippen molar-refractivity contribution in [3.8, 4) is 0 Å². The molecule has 8 atom stereocenters. The van der Waals surface area contributed by atoms with Crippen LogP contribution in [-0.4, -0.2) is 88.1 Å². The van der Waals surface area contributed by atoms with Gasteiger partial charge in [0.15, 0.2) is 6.29 Å². The van der Waals surface area contributed by atoms with E-state index in [1.165, 1.54) is 0 Å². The number of nitrogens with zero attached hydrogens (tertiary/aromatic N) is 2. The van der Waals surface area contributed by atoms with Gasteiger partial charge in [0.05, 0.1) is 18.2 Å². The van der Waals surface area contributed by atoms with Crippen LogP contribution in [0.2, 0.25) is 0 Å². The van der Waals surface area contributed by atoms with Gasteiger partial charge < -0.3 is 33.5 Å². The van der Waals surface area contributed by atoms with Crippen LogP contribution < -0.4 is 0 Å². The lowest BCUT2D eigenvalue weighted by atomic mass is 9.78. The van der Waals surface area contributed by atoms with Crippen molar-refractivity contribution in [3.05, 3.63) is 35.9 Å². The normalized spacial score (nSPS) is 39.7. The molecule has 7 heteroatoms. The molecule has 0 spiro atoms. The molecular formula is C19H28N2O5. The summed E-state index contributed by atoms with van der Waals surface area (Å²) in [5.41, 5.74) is 0.975. The number of ether oxygens (including phenoxy) is 5. The molecule has 7 nitrogen and oxygen atoms in total. The highest BCUT2D eigenvalue weighted by Gasteiger charge is 2.63. The Morgan fingerprint density at radius 2 is 1.38 bits per heavy atom. The Hall–Kier alpha value is -1.06. The Kier molecular flexibility index (Phi) is 5.04. The summed E-state index contributed by atoms with van der Waals surface area (Å²) in [6, 6.07) is 10.1. The number of rotatable bonds is 6. The van der Waals surface area contributed by atoms with E-state index < -0.39 is 12.8 Å². The van der Waals surface area contributed by atoms with E-state index in [0.29, 0.717) is 0 Å². The first-order chi connectivity index (χ1) is 12.5. The topological polar surface area (TPSA) is 52.6 Å². The maximum absolute atomic E-state index is 6.44. The van der Waals surface area contributed by atoms with E-state index in [1.54, 1.807) is 7.11 Å². The van der Waals surface area contributed by atoms with Gasteiger partial charge in [0.25, 0.3) is 6.48 Å². The van der Waals surface area contributed by atoms with Crippen molar-refractivity contribution in [3.63, 3.8) is 0 Å². The highest BCUT2D eigenvalue weighted by atomic mass is 16.9. The minimum absolute atomic E-state index is 0.0140. The number of benzene rings is 1. The second-order valence-electron chi connectivity index (χ2n) is 7.58. The van der Waals surface area contributed by atoms with Gasteiger partial charge in [0.2, 0.25) is 0 Å². The second kappa shape index (κ2) is 7.16. The minimum Gasteiger partial charge on any atom is -0.352 e. The first-order valence-electron chi connectivity index (χ1n) is 9.03. The first-order valence-corrected chi connectivity index (χ1v) is 9.03. The van der Waals surface area contributed by atoms with Gasteiger partial charge in [-0.2, -0.15) is 0 Å². The van der Waals surface area contributed by atoms with Gasteiger partial charge in [0.1, 0.15) is 18.3 Å². The van der Waals surface area contributed by atoms with Crippen molar-refractivity contribution in [1.29, 1.82) is 0 Å². The van der Waals surface area contributed by atoms with Crippen LogP contribution in [0.4, 0.5) is 0 Å². The van der Waals surface area contributed by atoms with Crippen molar-refractivity contribution in [1.82, 2.24) is 9.80 Å². The molecule has 0 aromatic heterocycles. The summed E-state index contributed by atoms with van der Waals surface area (Å²) >= 11 is 0. The fourth-order valence-electron chi connectivity index (χ4n) is 4.46. The fourth-order valence-corrected chi connectivity index (χ4v) is 4.46. The van der Waals surface area contributed by atoms with Crippen molar-refractivity contribution < 1.29 is 23.7 Å². The van der Waals surface area contributed by atoms with E-state index in [1.807, 2.05) is 30.3 Å². The molecule has 3 heterocycles. The molecule has 144 valence electrons. The molecule has 1 aromatic carbocycles. The largest absolute Gasteiger partial charge is 0.352 e. The van der Waals surface area contributed by atoms with Gasteiger partial charge in [-0.3, -0.25) is 0 Å². The maximum atomic E-state index is 6.44. The maximum Gasteiger partial charge on any atom is 0.272 e. The molecule has 4 fully saturated rings. The van der Waals surface area contributed by atoms with Crippen molar-refractivity contribution in [2.45, 2.75) is 49.3 Å². The molecule has 5 rings (SSSR count). The van der Waals surface area contributed by atoms with E-state index in [4.69, 9.17) is 23.7 Å². The smallest absolute Gasteiger partial charge is 0.272 e. The molecular weight excluding hydrogens is 336 g/mol. The Bertz CT molecular complexity index is 587. The lowest BCUT2D eigenvalue weighted by Gasteiger charge is -2.62. The molecule has 0 N–H and O–H groups in total. The summed E-state index contributed by atoms with van der Waals surface area (Å²) in [5, 5.41) is 0. The Labute approximate surface area is 154 Å². The standard InChI is InChI=1S/C19H28N2O5/c1-20(2)12-14-13(21(3)4)16-17(15(12)25-19(24-14)26-16)23-18(22-5)11-9-7-6-8-10-11/h6-10,12-19H,1-5H3/t12-,13-,14?,15-,16+,17?,18?,19?/m0/s1. The van der Waals surface area contributed by atoms with Crippen LogP contribution in [0.15, 0.2) is 30.3 Å². The predicted molar refractivity (Wildman–Crippen MR) is 94.4 cm³/mol. The average molecular weight is 364 g/mol. The zero-order valence-corrected chi connectivity index (χ0v) is 15.9. The molecule has 1 aliphatic carbocycles. The molecule has 4 bridgehead atoms. The predicted octanol–water partition coefficient (Wildman–Crippen LogP) is 1.06. The molecule has 3 aliphatic heterocycles. The van der Waals surface area contributed by atoms with Crippen LogP contribution in [0.5, 0.6) is 0 Å². The van der Waals surface area contributed by atoms with Crippen LogP contribution in [-0.2, 0) is 23.7 Å². The number of likely N-dealkylation sites (N-methyl/N-ethyl adjacent to an activating group) is 2. The minimum atomic E-state index is -0.611. The molecule has 3 saturated heterocycles. The Morgan fingerprint density at radius 3 is 1.88 bits per heavy atom. The summed E-state index contributed by atoms with van der Waals surface area (Å²) in [6.45, 7) is -0.611. The molecule has 26 heavy (non-hydrogen) atoms. The monoisotopic (exact) mass is 364 g/mol. The summed E-state index contributed by atoms with van der Waals surface area (Å²) < 4.78 is 30.2. The lowest BCUT2D eigenvalue weighted by Crippen LogP contribution is -2.79. The lowest BCUT2D eigenvalue weighted by molar-refractivity contribution is -0.475. The van der Waals surface area contributed by atoms with Gasteiger partial charge in [-0.1, -0.05) is 30.3 Å². The van der Waals surface area contributed by atoms with Crippen LogP contribution in [0.1, 0.15) is 11.9 Å². The summed E-state index contributed by atoms with van der Waals surface area (Å²) in [7, 11) is 9.86. The summed E-state index contributed by atoms with van der Waals surface area (Å²) in [4.78, 5) is 4.31. The third kappa shape index (κ3) is 2.97. The van der Waals surface area contributed by atoms with Crippen LogP contribution in [0.3, 0.4) is 0 Å². The van der Waals surface area contributed by atoms with Crippen LogP contribution in [0.25, 0.3) is 0 Å². The molecule has 1 aromatic rings. The SMILES string of the molecule is COC(OC1[C@H]2OC3OC([C@@H]2N(C)C)[C@H](N(C)C)[C@H]1O3)c1ccccc1. The Morgan fingerprint density at radius 1 is 0.846 bits per heavy atom. The average Bonchev–Trinajstić information content (AvgIpc) is 2.61. The van der Waals surface area contributed by atoms with E-state index >= 15 is 0 Å². The van der Waals surface area contributed by atoms with Crippen LogP contribution in [0, 0.1) is 0 Å². The van der Waals surface area contributed by atoms with Gasteiger partial charge in [-0.05, 0) is 28.2 Å². The third-order valence-electron chi connectivity index (χ3n) is 5.56. The van der Waals surface area contributed by atoms with Crippen molar-refractivity contribution >= 4 is 0 Å². The van der Waals surface area contributed by atoms with E-state index in [-0.39, 0.29) is 36.5 Å². The quantitative estimate of drug-likeness (QED) is 0.700. The number of hydrogen-bond donors (Lipinski definition) is 0. The zero-order valence-electron chi connectivity index (χ0n) is 15.9. The third-order valence-corrected chi connectivity index (χ3v) is 5.56. The molecule has 4 aliphatic rings. The Balaban J connectivity index is 1.64. The van der Waals surface area contributed by atoms with E-state index in [2.05, 4.69) is 38.0 Å².